The van der Waals surface area contributed by atoms with Crippen LogP contribution >= 0.6 is 11.9 Å². The number of fused-ring (bicyclic) bond motifs is 1. The molecule has 3 rings (SSSR count). The molecule has 0 amide bonds. The average molecular weight is 270 g/mol. The topological polar surface area (TPSA) is 15.3 Å². The zero-order chi connectivity index (χ0) is 13.2. The first-order chi connectivity index (χ1) is 9.24. The monoisotopic (exact) mass is 270 g/mol. The number of hydrogen-bond donors (Lipinski definition) is 1. The van der Waals surface area contributed by atoms with Crippen molar-refractivity contribution < 1.29 is 0 Å². The fraction of sp³-hybridized carbons (Fsp3) is 0.250. The highest BCUT2D eigenvalue weighted by Gasteiger charge is 2.22. The van der Waals surface area contributed by atoms with Gasteiger partial charge in [0.05, 0.1) is 0 Å². The molecule has 0 saturated heterocycles. The van der Waals surface area contributed by atoms with Crippen LogP contribution in [0.5, 0.6) is 0 Å². The van der Waals surface area contributed by atoms with Gasteiger partial charge >= 0.3 is 0 Å². The van der Waals surface area contributed by atoms with Crippen molar-refractivity contribution in [1.29, 1.82) is 0 Å². The Labute approximate surface area is 119 Å². The van der Waals surface area contributed by atoms with E-state index < -0.39 is 0 Å². The fourth-order valence-electron chi connectivity index (χ4n) is 2.45. The maximum atomic E-state index is 3.38. The van der Waals surface area contributed by atoms with Crippen LogP contribution < -0.4 is 9.62 Å². The Morgan fingerprint density at radius 3 is 2.74 bits per heavy atom. The van der Waals surface area contributed by atoms with E-state index in [0.29, 0.717) is 6.04 Å². The summed E-state index contributed by atoms with van der Waals surface area (Å²) < 4.78 is 3.38. The Bertz CT molecular complexity index is 568. The molecule has 2 nitrogen and oxygen atoms in total. The van der Waals surface area contributed by atoms with Crippen molar-refractivity contribution >= 4 is 23.3 Å². The van der Waals surface area contributed by atoms with Gasteiger partial charge in [0, 0.05) is 29.4 Å². The molecule has 0 aromatic heterocycles. The maximum Gasteiger partial charge on any atom is 0.0443 e. The van der Waals surface area contributed by atoms with Crippen LogP contribution in [0.2, 0.25) is 0 Å². The van der Waals surface area contributed by atoms with E-state index in [1.165, 1.54) is 16.1 Å². The highest BCUT2D eigenvalue weighted by Crippen LogP contribution is 2.34. The van der Waals surface area contributed by atoms with Gasteiger partial charge in [-0.05, 0) is 61.2 Å². The molecular weight excluding hydrogens is 252 g/mol. The lowest BCUT2D eigenvalue weighted by molar-refractivity contribution is 0.732. The maximum absolute atomic E-state index is 3.38. The number of nitrogens with zero attached hydrogens (tertiary/aromatic N) is 1. The molecule has 1 aliphatic heterocycles. The highest BCUT2D eigenvalue weighted by atomic mass is 32.2. The molecular formula is C16H18N2S. The van der Waals surface area contributed by atoms with Crippen molar-refractivity contribution in [2.45, 2.75) is 24.3 Å². The lowest BCUT2D eigenvalue weighted by Gasteiger charge is -2.18. The van der Waals surface area contributed by atoms with Gasteiger partial charge in [-0.25, -0.2) is 0 Å². The SMILES string of the molecule is CC1Cc2cc(SNc3ccccc3)ccc2N1C. The Balaban J connectivity index is 1.72. The molecule has 0 radical (unpaired) electrons. The Morgan fingerprint density at radius 1 is 1.16 bits per heavy atom. The molecule has 0 aliphatic carbocycles. The van der Waals surface area contributed by atoms with Crippen molar-refractivity contribution in [2.75, 3.05) is 16.7 Å². The molecule has 3 heteroatoms. The number of rotatable bonds is 3. The largest absolute Gasteiger partial charge is 0.371 e. The van der Waals surface area contributed by atoms with Gasteiger partial charge < -0.3 is 9.62 Å². The molecule has 1 atom stereocenters. The summed E-state index contributed by atoms with van der Waals surface area (Å²) in [6.07, 6.45) is 1.14. The molecule has 1 N–H and O–H groups in total. The molecule has 98 valence electrons. The smallest absolute Gasteiger partial charge is 0.0443 e. The zero-order valence-electron chi connectivity index (χ0n) is 11.3. The lowest BCUT2D eigenvalue weighted by atomic mass is 10.1. The Morgan fingerprint density at radius 2 is 1.95 bits per heavy atom. The summed E-state index contributed by atoms with van der Waals surface area (Å²) in [5.41, 5.74) is 3.96. The van der Waals surface area contributed by atoms with Gasteiger partial charge in [-0.3, -0.25) is 0 Å². The quantitative estimate of drug-likeness (QED) is 0.842. The van der Waals surface area contributed by atoms with Crippen LogP contribution in [0.15, 0.2) is 53.4 Å². The van der Waals surface area contributed by atoms with E-state index in [1.54, 1.807) is 11.9 Å². The summed E-state index contributed by atoms with van der Waals surface area (Å²) in [7, 11) is 2.17. The normalized spacial score (nSPS) is 17.4. The number of likely N-dealkylation sites (N-methyl/N-ethyl adjacent to an activating group) is 1. The van der Waals surface area contributed by atoms with E-state index in [2.05, 4.69) is 53.9 Å². The average Bonchev–Trinajstić information content (AvgIpc) is 2.73. The molecule has 2 aromatic rings. The Hall–Kier alpha value is -1.61. The molecule has 0 bridgehead atoms. The van der Waals surface area contributed by atoms with E-state index in [4.69, 9.17) is 0 Å². The fourth-order valence-corrected chi connectivity index (χ4v) is 3.16. The van der Waals surface area contributed by atoms with Crippen LogP contribution in [-0.2, 0) is 6.42 Å². The number of para-hydroxylation sites is 1. The van der Waals surface area contributed by atoms with Gasteiger partial charge in [0.25, 0.3) is 0 Å². The predicted octanol–water partition coefficient (Wildman–Crippen LogP) is 4.19. The van der Waals surface area contributed by atoms with Gasteiger partial charge in [-0.15, -0.1) is 0 Å². The third kappa shape index (κ3) is 2.56. The first-order valence-corrected chi connectivity index (χ1v) is 7.39. The molecule has 0 saturated carbocycles. The van der Waals surface area contributed by atoms with Gasteiger partial charge in [0.15, 0.2) is 0 Å². The van der Waals surface area contributed by atoms with Gasteiger partial charge in [0.2, 0.25) is 0 Å². The minimum Gasteiger partial charge on any atom is -0.371 e. The summed E-state index contributed by atoms with van der Waals surface area (Å²) in [6.45, 7) is 2.27. The van der Waals surface area contributed by atoms with Crippen LogP contribution in [0.25, 0.3) is 0 Å². The van der Waals surface area contributed by atoms with E-state index in [1.807, 2.05) is 18.2 Å². The summed E-state index contributed by atoms with van der Waals surface area (Å²) in [5.74, 6) is 0. The lowest BCUT2D eigenvalue weighted by Crippen LogP contribution is -2.23. The molecule has 1 aliphatic rings. The highest BCUT2D eigenvalue weighted by molar-refractivity contribution is 8.00. The second-order valence-electron chi connectivity index (χ2n) is 5.02. The van der Waals surface area contributed by atoms with Gasteiger partial charge in [-0.1, -0.05) is 18.2 Å². The van der Waals surface area contributed by atoms with Crippen molar-refractivity contribution in [3.8, 4) is 0 Å². The third-order valence-electron chi connectivity index (χ3n) is 3.67. The van der Waals surface area contributed by atoms with Crippen LogP contribution in [-0.4, -0.2) is 13.1 Å². The van der Waals surface area contributed by atoms with Crippen molar-refractivity contribution in [1.82, 2.24) is 0 Å². The summed E-state index contributed by atoms with van der Waals surface area (Å²) >= 11 is 1.67. The number of hydrogen-bond acceptors (Lipinski definition) is 3. The first kappa shape index (κ1) is 12.4. The Kier molecular flexibility index (Phi) is 3.38. The van der Waals surface area contributed by atoms with Crippen molar-refractivity contribution in [3.63, 3.8) is 0 Å². The van der Waals surface area contributed by atoms with E-state index >= 15 is 0 Å². The summed E-state index contributed by atoms with van der Waals surface area (Å²) in [6, 6.07) is 17.6. The number of nitrogens with one attached hydrogen (secondary N) is 1. The standard InChI is InChI=1S/C16H18N2S/c1-12-10-13-11-15(8-9-16(13)18(12)2)19-17-14-6-4-3-5-7-14/h3-9,11-12,17H,10H2,1-2H3. The van der Waals surface area contributed by atoms with Crippen molar-refractivity contribution in [2.24, 2.45) is 0 Å². The minimum atomic E-state index is 0.609. The summed E-state index contributed by atoms with van der Waals surface area (Å²) in [4.78, 5) is 3.62. The number of anilines is 2. The zero-order valence-corrected chi connectivity index (χ0v) is 12.1. The molecule has 0 spiro atoms. The van der Waals surface area contributed by atoms with E-state index in [-0.39, 0.29) is 0 Å². The number of benzene rings is 2. The van der Waals surface area contributed by atoms with Crippen molar-refractivity contribution in [3.05, 3.63) is 54.1 Å². The molecule has 19 heavy (non-hydrogen) atoms. The second-order valence-corrected chi connectivity index (χ2v) is 5.90. The van der Waals surface area contributed by atoms with Crippen LogP contribution in [0.4, 0.5) is 11.4 Å². The second kappa shape index (κ2) is 5.17. The van der Waals surface area contributed by atoms with Crippen LogP contribution in [0.3, 0.4) is 0 Å². The van der Waals surface area contributed by atoms with E-state index in [0.717, 1.165) is 12.1 Å². The van der Waals surface area contributed by atoms with E-state index in [9.17, 15) is 0 Å². The molecule has 2 aromatic carbocycles. The van der Waals surface area contributed by atoms with Crippen LogP contribution in [0, 0.1) is 0 Å². The molecule has 1 heterocycles. The first-order valence-electron chi connectivity index (χ1n) is 6.58. The van der Waals surface area contributed by atoms with Gasteiger partial charge in [-0.2, -0.15) is 0 Å². The third-order valence-corrected chi connectivity index (χ3v) is 4.50. The molecule has 1 unspecified atom stereocenters. The minimum absolute atomic E-state index is 0.609. The summed E-state index contributed by atoms with van der Waals surface area (Å²) in [5, 5.41) is 0. The predicted molar refractivity (Wildman–Crippen MR) is 83.9 cm³/mol. The van der Waals surface area contributed by atoms with Gasteiger partial charge in [0.1, 0.15) is 0 Å². The van der Waals surface area contributed by atoms with Crippen LogP contribution in [0.1, 0.15) is 12.5 Å². The molecule has 0 fully saturated rings.